The second-order valence-electron chi connectivity index (χ2n) is 4.69. The first kappa shape index (κ1) is 12.0. The van der Waals surface area contributed by atoms with E-state index < -0.39 is 5.54 Å². The lowest BCUT2D eigenvalue weighted by Crippen LogP contribution is -2.50. The van der Waals surface area contributed by atoms with Crippen LogP contribution in [0.4, 0.5) is 0 Å². The topological polar surface area (TPSA) is 66.9 Å². The van der Waals surface area contributed by atoms with Crippen LogP contribution in [0.2, 0.25) is 0 Å². The minimum atomic E-state index is -0.419. The van der Waals surface area contributed by atoms with Gasteiger partial charge in [0.2, 0.25) is 5.91 Å². The summed E-state index contributed by atoms with van der Waals surface area (Å²) in [5.41, 5.74) is 1.24. The highest BCUT2D eigenvalue weighted by atomic mass is 16.2. The summed E-state index contributed by atoms with van der Waals surface area (Å²) in [5, 5.41) is 6.13. The third kappa shape index (κ3) is 2.79. The highest BCUT2D eigenvalue weighted by Crippen LogP contribution is 2.18. The summed E-state index contributed by atoms with van der Waals surface area (Å²) < 4.78 is 0. The Hall–Kier alpha value is -1.49. The second-order valence-corrected chi connectivity index (χ2v) is 4.69. The first-order valence-corrected chi connectivity index (χ1v) is 5.91. The van der Waals surface area contributed by atoms with Crippen LogP contribution < -0.4 is 10.6 Å². The fourth-order valence-electron chi connectivity index (χ4n) is 1.96. The maximum absolute atomic E-state index is 12.0. The Kier molecular flexibility index (Phi) is 3.38. The standard InChI is InChI=1S/C12H18N4O/c1-9-6-14-10(7-13-9)8-15-11(17)12(2)4-3-5-16-12/h6-7,16H,3-5,8H2,1-2H3,(H,15,17). The zero-order valence-electron chi connectivity index (χ0n) is 10.3. The van der Waals surface area contributed by atoms with Crippen LogP contribution in [0.1, 0.15) is 31.2 Å². The smallest absolute Gasteiger partial charge is 0.240 e. The number of amides is 1. The fourth-order valence-corrected chi connectivity index (χ4v) is 1.96. The molecule has 2 rings (SSSR count). The molecular formula is C12H18N4O. The van der Waals surface area contributed by atoms with Crippen LogP contribution >= 0.6 is 0 Å². The highest BCUT2D eigenvalue weighted by molar-refractivity contribution is 5.86. The summed E-state index contributed by atoms with van der Waals surface area (Å²) in [6.45, 7) is 5.17. The summed E-state index contributed by atoms with van der Waals surface area (Å²) in [6.07, 6.45) is 5.34. The van der Waals surface area contributed by atoms with Crippen LogP contribution in [0.5, 0.6) is 0 Å². The summed E-state index contributed by atoms with van der Waals surface area (Å²) in [7, 11) is 0. The molecule has 1 saturated heterocycles. The predicted molar refractivity (Wildman–Crippen MR) is 64.3 cm³/mol. The van der Waals surface area contributed by atoms with Gasteiger partial charge in [-0.15, -0.1) is 0 Å². The molecule has 0 aliphatic carbocycles. The number of nitrogens with one attached hydrogen (secondary N) is 2. The Balaban J connectivity index is 1.89. The van der Waals surface area contributed by atoms with E-state index in [0.29, 0.717) is 6.54 Å². The van der Waals surface area contributed by atoms with E-state index in [1.807, 2.05) is 13.8 Å². The van der Waals surface area contributed by atoms with Gasteiger partial charge >= 0.3 is 0 Å². The van der Waals surface area contributed by atoms with Crippen LogP contribution in [-0.2, 0) is 11.3 Å². The van der Waals surface area contributed by atoms with Crippen molar-refractivity contribution in [2.75, 3.05) is 6.54 Å². The molecule has 0 aromatic carbocycles. The number of carbonyl (C=O) groups excluding carboxylic acids is 1. The lowest BCUT2D eigenvalue weighted by molar-refractivity contribution is -0.126. The molecule has 5 nitrogen and oxygen atoms in total. The van der Waals surface area contributed by atoms with Crippen molar-refractivity contribution in [3.8, 4) is 0 Å². The number of hydrogen-bond donors (Lipinski definition) is 2. The van der Waals surface area contributed by atoms with Gasteiger partial charge in [-0.25, -0.2) is 0 Å². The fraction of sp³-hybridized carbons (Fsp3) is 0.583. The average molecular weight is 234 g/mol. The molecule has 0 spiro atoms. The minimum Gasteiger partial charge on any atom is -0.349 e. The molecule has 1 fully saturated rings. The summed E-state index contributed by atoms with van der Waals surface area (Å²) >= 11 is 0. The highest BCUT2D eigenvalue weighted by Gasteiger charge is 2.35. The van der Waals surface area contributed by atoms with Gasteiger partial charge in [0.1, 0.15) is 0 Å². The average Bonchev–Trinajstić information content (AvgIpc) is 2.76. The minimum absolute atomic E-state index is 0.0392. The number of nitrogens with zero attached hydrogens (tertiary/aromatic N) is 2. The van der Waals surface area contributed by atoms with E-state index in [-0.39, 0.29) is 5.91 Å². The lowest BCUT2D eigenvalue weighted by atomic mass is 9.99. The number of aryl methyl sites for hydroxylation is 1. The molecule has 1 unspecified atom stereocenters. The SMILES string of the molecule is Cc1cnc(CNC(=O)C2(C)CCCN2)cn1. The van der Waals surface area contributed by atoms with Crippen molar-refractivity contribution in [2.24, 2.45) is 0 Å². The molecule has 1 aliphatic heterocycles. The Bertz CT molecular complexity index is 395. The molecule has 17 heavy (non-hydrogen) atoms. The quantitative estimate of drug-likeness (QED) is 0.801. The van der Waals surface area contributed by atoms with Crippen LogP contribution in [0.15, 0.2) is 12.4 Å². The molecule has 1 atom stereocenters. The molecular weight excluding hydrogens is 216 g/mol. The van der Waals surface area contributed by atoms with E-state index >= 15 is 0 Å². The summed E-state index contributed by atoms with van der Waals surface area (Å²) in [5.74, 6) is 0.0392. The molecule has 0 bridgehead atoms. The van der Waals surface area contributed by atoms with Crippen molar-refractivity contribution in [1.29, 1.82) is 0 Å². The molecule has 1 aromatic rings. The van der Waals surface area contributed by atoms with E-state index in [4.69, 9.17) is 0 Å². The summed E-state index contributed by atoms with van der Waals surface area (Å²) in [6, 6.07) is 0. The van der Waals surface area contributed by atoms with Gasteiger partial charge in [0.05, 0.1) is 29.7 Å². The molecule has 1 aliphatic rings. The van der Waals surface area contributed by atoms with Gasteiger partial charge in [-0.3, -0.25) is 14.8 Å². The third-order valence-electron chi connectivity index (χ3n) is 3.13. The first-order chi connectivity index (χ1) is 8.10. The normalized spacial score (nSPS) is 23.6. The molecule has 2 heterocycles. The van der Waals surface area contributed by atoms with Crippen molar-refractivity contribution < 1.29 is 4.79 Å². The number of aromatic nitrogens is 2. The van der Waals surface area contributed by atoms with Gasteiger partial charge in [-0.1, -0.05) is 0 Å². The zero-order chi connectivity index (χ0) is 12.3. The van der Waals surface area contributed by atoms with Gasteiger partial charge in [0, 0.05) is 6.20 Å². The molecule has 0 saturated carbocycles. The zero-order valence-corrected chi connectivity index (χ0v) is 10.3. The Morgan fingerprint density at radius 2 is 2.35 bits per heavy atom. The number of rotatable bonds is 3. The molecule has 5 heteroatoms. The Labute approximate surface area is 101 Å². The maximum atomic E-state index is 12.0. The van der Waals surface area contributed by atoms with Crippen molar-refractivity contribution in [2.45, 2.75) is 38.8 Å². The van der Waals surface area contributed by atoms with Gasteiger partial charge < -0.3 is 10.6 Å². The van der Waals surface area contributed by atoms with Crippen LogP contribution in [0, 0.1) is 6.92 Å². The summed E-state index contributed by atoms with van der Waals surface area (Å²) in [4.78, 5) is 20.3. The van der Waals surface area contributed by atoms with Gasteiger partial charge in [-0.05, 0) is 33.2 Å². The van der Waals surface area contributed by atoms with E-state index in [1.54, 1.807) is 12.4 Å². The van der Waals surface area contributed by atoms with Crippen molar-refractivity contribution in [3.63, 3.8) is 0 Å². The van der Waals surface area contributed by atoms with Crippen LogP contribution in [-0.4, -0.2) is 28.0 Å². The predicted octanol–water partition coefficient (Wildman–Crippen LogP) is 0.543. The van der Waals surface area contributed by atoms with E-state index in [1.165, 1.54) is 0 Å². The molecule has 92 valence electrons. The van der Waals surface area contributed by atoms with E-state index in [9.17, 15) is 4.79 Å². The van der Waals surface area contributed by atoms with Crippen molar-refractivity contribution in [1.82, 2.24) is 20.6 Å². The maximum Gasteiger partial charge on any atom is 0.240 e. The van der Waals surface area contributed by atoms with Gasteiger partial charge in [-0.2, -0.15) is 0 Å². The van der Waals surface area contributed by atoms with E-state index in [2.05, 4.69) is 20.6 Å². The Morgan fingerprint density at radius 1 is 1.53 bits per heavy atom. The van der Waals surface area contributed by atoms with Crippen molar-refractivity contribution in [3.05, 3.63) is 23.8 Å². The lowest BCUT2D eigenvalue weighted by Gasteiger charge is -2.22. The van der Waals surface area contributed by atoms with Crippen LogP contribution in [0.25, 0.3) is 0 Å². The molecule has 2 N–H and O–H groups in total. The number of carbonyl (C=O) groups is 1. The Morgan fingerprint density at radius 3 is 2.94 bits per heavy atom. The largest absolute Gasteiger partial charge is 0.349 e. The molecule has 1 aromatic heterocycles. The van der Waals surface area contributed by atoms with Crippen molar-refractivity contribution >= 4 is 5.91 Å². The van der Waals surface area contributed by atoms with E-state index in [0.717, 1.165) is 30.8 Å². The van der Waals surface area contributed by atoms with Gasteiger partial charge in [0.25, 0.3) is 0 Å². The third-order valence-corrected chi connectivity index (χ3v) is 3.13. The molecule has 1 amide bonds. The van der Waals surface area contributed by atoms with Gasteiger partial charge in [0.15, 0.2) is 0 Å². The second kappa shape index (κ2) is 4.79. The first-order valence-electron chi connectivity index (χ1n) is 5.91. The molecule has 0 radical (unpaired) electrons. The van der Waals surface area contributed by atoms with Crippen LogP contribution in [0.3, 0.4) is 0 Å². The number of hydrogen-bond acceptors (Lipinski definition) is 4. The monoisotopic (exact) mass is 234 g/mol.